The molecule has 0 aromatic carbocycles. The molecule has 0 saturated carbocycles. The second-order valence-corrected chi connectivity index (χ2v) is 2.15. The van der Waals surface area contributed by atoms with Gasteiger partial charge in [-0.3, -0.25) is 0 Å². The summed E-state index contributed by atoms with van der Waals surface area (Å²) < 4.78 is 0. The summed E-state index contributed by atoms with van der Waals surface area (Å²) in [6, 6.07) is 0. The van der Waals surface area contributed by atoms with Crippen LogP contribution in [0.2, 0.25) is 0 Å². The van der Waals surface area contributed by atoms with Crippen molar-refractivity contribution < 1.29 is 0 Å². The minimum atomic E-state index is 1.26. The summed E-state index contributed by atoms with van der Waals surface area (Å²) in [5.41, 5.74) is 0. The van der Waals surface area contributed by atoms with Crippen molar-refractivity contribution >= 4 is 18.5 Å². The fourth-order valence-corrected chi connectivity index (χ4v) is 0. The zero-order valence-electron chi connectivity index (χ0n) is 3.23. The number of hydrogen-bond donors (Lipinski definition) is 0. The van der Waals surface area contributed by atoms with Gasteiger partial charge in [-0.1, -0.05) is 11.1 Å². The fraction of sp³-hybridized carbons (Fsp3) is 0.333. The molecule has 5 heavy (non-hydrogen) atoms. The Balaban J connectivity index is 3.14. The molecule has 0 saturated heterocycles. The molecule has 0 bridgehead atoms. The van der Waals surface area contributed by atoms with Gasteiger partial charge in [-0.05, 0) is 6.92 Å². The molecule has 0 fully saturated rings. The Kier molecular flexibility index (Phi) is 3.16. The highest BCUT2D eigenvalue weighted by atomic mass is 31.0. The lowest BCUT2D eigenvalue weighted by Crippen LogP contribution is -1.39. The second kappa shape index (κ2) is 2.82. The van der Waals surface area contributed by atoms with E-state index in [4.69, 9.17) is 0 Å². The Labute approximate surface area is 37.4 Å². The van der Waals surface area contributed by atoms with E-state index >= 15 is 0 Å². The molecule has 0 radical (unpaired) electrons. The summed E-state index contributed by atoms with van der Waals surface area (Å²) in [4.78, 5) is 0. The van der Waals surface area contributed by atoms with Crippen LogP contribution in [0.15, 0.2) is 11.1 Å². The van der Waals surface area contributed by atoms with Gasteiger partial charge in [0.2, 0.25) is 0 Å². The van der Waals surface area contributed by atoms with Crippen LogP contribution in [0.3, 0.4) is 0 Å². The molecule has 2 unspecified atom stereocenters. The fourth-order valence-electron chi connectivity index (χ4n) is 0. The maximum atomic E-state index is 2.57. The lowest BCUT2D eigenvalue weighted by molar-refractivity contribution is 1.72. The molecule has 0 heterocycles. The molecular formula is C3H8P2. The molecule has 2 heteroatoms. The predicted molar refractivity (Wildman–Crippen MR) is 33.2 cm³/mol. The Morgan fingerprint density at radius 2 is 2.00 bits per heavy atom. The van der Waals surface area contributed by atoms with E-state index < -0.39 is 0 Å². The van der Waals surface area contributed by atoms with Gasteiger partial charge < -0.3 is 0 Å². The Bertz CT molecular complexity index is 42.9. The zero-order valence-corrected chi connectivity index (χ0v) is 5.54. The van der Waals surface area contributed by atoms with E-state index in [-0.39, 0.29) is 0 Å². The van der Waals surface area contributed by atoms with Crippen molar-refractivity contribution in [2.45, 2.75) is 6.92 Å². The standard InChI is InChI=1S/C3H8P2/c1-3(5)2-4/h2H,4-5H2,1H3/b3-2-. The average Bonchev–Trinajstić information content (AvgIpc) is 1.38. The molecule has 30 valence electrons. The van der Waals surface area contributed by atoms with Crippen molar-refractivity contribution in [3.8, 4) is 0 Å². The zero-order chi connectivity index (χ0) is 4.28. The van der Waals surface area contributed by atoms with Crippen molar-refractivity contribution in [3.63, 3.8) is 0 Å². The maximum Gasteiger partial charge on any atom is -0.0398 e. The van der Waals surface area contributed by atoms with E-state index in [9.17, 15) is 0 Å². The van der Waals surface area contributed by atoms with Crippen molar-refractivity contribution in [2.75, 3.05) is 0 Å². The van der Waals surface area contributed by atoms with Gasteiger partial charge >= 0.3 is 0 Å². The molecule has 0 N–H and O–H groups in total. The molecule has 0 rings (SSSR count). The number of allylic oxidation sites excluding steroid dienone is 1. The third-order valence-corrected chi connectivity index (χ3v) is 1.37. The second-order valence-electron chi connectivity index (χ2n) is 0.911. The topological polar surface area (TPSA) is 0 Å². The SMILES string of the molecule is C/C(P)=C/P. The van der Waals surface area contributed by atoms with Gasteiger partial charge in [0.25, 0.3) is 0 Å². The molecule has 0 aliphatic heterocycles. The van der Waals surface area contributed by atoms with Crippen LogP contribution in [0, 0.1) is 0 Å². The quantitative estimate of drug-likeness (QED) is 0.411. The highest BCUT2D eigenvalue weighted by Gasteiger charge is 1.60. The normalized spacial score (nSPS) is 12.2. The molecule has 0 aliphatic carbocycles. The minimum Gasteiger partial charge on any atom is -0.113 e. The molecule has 0 aliphatic rings. The van der Waals surface area contributed by atoms with Crippen molar-refractivity contribution in [2.24, 2.45) is 0 Å². The Morgan fingerprint density at radius 1 is 1.80 bits per heavy atom. The van der Waals surface area contributed by atoms with E-state index in [2.05, 4.69) is 18.5 Å². The third kappa shape index (κ3) is 4.60. The lowest BCUT2D eigenvalue weighted by atomic mass is 10.8. The Morgan fingerprint density at radius 3 is 2.00 bits per heavy atom. The lowest BCUT2D eigenvalue weighted by Gasteiger charge is -1.73. The summed E-state index contributed by atoms with van der Waals surface area (Å²) in [5.74, 6) is 1.96. The molecule has 0 spiro atoms. The van der Waals surface area contributed by atoms with Crippen LogP contribution in [0.4, 0.5) is 0 Å². The van der Waals surface area contributed by atoms with E-state index in [0.717, 1.165) is 0 Å². The monoisotopic (exact) mass is 106 g/mol. The summed E-state index contributed by atoms with van der Waals surface area (Å²) in [7, 11) is 5.09. The van der Waals surface area contributed by atoms with Gasteiger partial charge in [0, 0.05) is 0 Å². The molecule has 0 amide bonds. The van der Waals surface area contributed by atoms with Crippen LogP contribution in [0.1, 0.15) is 6.92 Å². The third-order valence-electron chi connectivity index (χ3n) is 0.263. The van der Waals surface area contributed by atoms with Crippen LogP contribution >= 0.6 is 18.5 Å². The van der Waals surface area contributed by atoms with Crippen LogP contribution in [0.5, 0.6) is 0 Å². The van der Waals surface area contributed by atoms with Gasteiger partial charge in [0.1, 0.15) is 0 Å². The van der Waals surface area contributed by atoms with E-state index in [1.54, 1.807) is 0 Å². The number of rotatable bonds is 0. The summed E-state index contributed by atoms with van der Waals surface area (Å²) in [6.45, 7) is 2.03. The first kappa shape index (κ1) is 5.60. The van der Waals surface area contributed by atoms with Gasteiger partial charge in [-0.2, -0.15) is 0 Å². The smallest absolute Gasteiger partial charge is 0.0398 e. The van der Waals surface area contributed by atoms with E-state index in [1.165, 1.54) is 5.31 Å². The van der Waals surface area contributed by atoms with Gasteiger partial charge in [-0.15, -0.1) is 18.5 Å². The first-order valence-electron chi connectivity index (χ1n) is 1.41. The summed E-state index contributed by atoms with van der Waals surface area (Å²) >= 11 is 0. The van der Waals surface area contributed by atoms with Gasteiger partial charge in [0.15, 0.2) is 0 Å². The first-order chi connectivity index (χ1) is 2.27. The summed E-state index contributed by atoms with van der Waals surface area (Å²) in [5, 5.41) is 1.26. The highest BCUT2D eigenvalue weighted by Crippen LogP contribution is 2.03. The van der Waals surface area contributed by atoms with Crippen LogP contribution in [-0.4, -0.2) is 0 Å². The van der Waals surface area contributed by atoms with Crippen LogP contribution in [0.25, 0.3) is 0 Å². The van der Waals surface area contributed by atoms with E-state index in [1.807, 2.05) is 12.7 Å². The van der Waals surface area contributed by atoms with Gasteiger partial charge in [0.05, 0.1) is 0 Å². The average molecular weight is 106 g/mol. The number of hydrogen-bond acceptors (Lipinski definition) is 0. The van der Waals surface area contributed by atoms with Crippen molar-refractivity contribution in [3.05, 3.63) is 11.1 Å². The Hall–Kier alpha value is 0.600. The molecule has 0 aromatic heterocycles. The predicted octanol–water partition coefficient (Wildman–Crippen LogP) is 1.60. The largest absolute Gasteiger partial charge is 0.113 e. The highest BCUT2D eigenvalue weighted by molar-refractivity contribution is 7.26. The first-order valence-corrected chi connectivity index (χ1v) is 2.65. The van der Waals surface area contributed by atoms with Gasteiger partial charge in [-0.25, -0.2) is 0 Å². The van der Waals surface area contributed by atoms with Crippen LogP contribution in [-0.2, 0) is 0 Å². The summed E-state index contributed by atoms with van der Waals surface area (Å²) in [6.07, 6.45) is 0. The molecular weight excluding hydrogens is 98.0 g/mol. The van der Waals surface area contributed by atoms with Crippen LogP contribution < -0.4 is 0 Å². The molecule has 0 nitrogen and oxygen atoms in total. The van der Waals surface area contributed by atoms with Crippen molar-refractivity contribution in [1.29, 1.82) is 0 Å². The van der Waals surface area contributed by atoms with E-state index in [0.29, 0.717) is 0 Å². The minimum absolute atomic E-state index is 1.26. The molecule has 0 aromatic rings. The maximum absolute atomic E-state index is 2.57. The molecule has 2 atom stereocenters. The van der Waals surface area contributed by atoms with Crippen molar-refractivity contribution in [1.82, 2.24) is 0 Å².